The number of anilines is 2. The van der Waals surface area contributed by atoms with E-state index in [0.717, 1.165) is 68.6 Å². The Morgan fingerprint density at radius 1 is 1.27 bits per heavy atom. The topological polar surface area (TPSA) is 79.8 Å². The van der Waals surface area contributed by atoms with Crippen molar-refractivity contribution in [1.82, 2.24) is 15.3 Å². The average Bonchev–Trinajstić information content (AvgIpc) is 3.33. The number of nitrogens with zero attached hydrogens (tertiary/aromatic N) is 4. The van der Waals surface area contributed by atoms with Gasteiger partial charge in [0.05, 0.1) is 37.7 Å². The first-order valence-corrected chi connectivity index (χ1v) is 11.6. The Bertz CT molecular complexity index is 872. The van der Waals surface area contributed by atoms with E-state index in [1.165, 1.54) is 0 Å². The molecule has 2 aromatic heterocycles. The minimum absolute atomic E-state index is 0.0412. The summed E-state index contributed by atoms with van der Waals surface area (Å²) in [5, 5.41) is 7.21. The summed E-state index contributed by atoms with van der Waals surface area (Å²) in [4.78, 5) is 26.6. The van der Waals surface area contributed by atoms with E-state index in [-0.39, 0.29) is 11.9 Å². The SMILES string of the molecule is O=C(CN1CC2COCCN2c2nc(-c3ccsc3)ncc21)NCC1CCOCC1. The fourth-order valence-corrected chi connectivity index (χ4v) is 4.99. The zero-order valence-corrected chi connectivity index (χ0v) is 17.8. The number of ether oxygens (including phenoxy) is 2. The van der Waals surface area contributed by atoms with Gasteiger partial charge in [-0.25, -0.2) is 9.97 Å². The van der Waals surface area contributed by atoms with Gasteiger partial charge in [0.2, 0.25) is 5.91 Å². The summed E-state index contributed by atoms with van der Waals surface area (Å²) in [6.07, 6.45) is 3.90. The Morgan fingerprint density at radius 2 is 2.17 bits per heavy atom. The number of morpholine rings is 1. The van der Waals surface area contributed by atoms with Crippen molar-refractivity contribution in [2.45, 2.75) is 18.9 Å². The third kappa shape index (κ3) is 4.14. The van der Waals surface area contributed by atoms with Crippen molar-refractivity contribution >= 4 is 28.7 Å². The molecule has 0 saturated carbocycles. The third-order valence-electron chi connectivity index (χ3n) is 6.06. The van der Waals surface area contributed by atoms with Gasteiger partial charge in [0.1, 0.15) is 0 Å². The number of rotatable bonds is 5. The zero-order valence-electron chi connectivity index (χ0n) is 17.0. The van der Waals surface area contributed by atoms with E-state index in [0.29, 0.717) is 25.7 Å². The normalized spacial score (nSPS) is 21.8. The van der Waals surface area contributed by atoms with Crippen LogP contribution in [0, 0.1) is 5.92 Å². The van der Waals surface area contributed by atoms with Crippen LogP contribution in [0.25, 0.3) is 11.4 Å². The smallest absolute Gasteiger partial charge is 0.239 e. The summed E-state index contributed by atoms with van der Waals surface area (Å²) < 4.78 is 11.1. The van der Waals surface area contributed by atoms with Crippen LogP contribution in [0.2, 0.25) is 0 Å². The first-order chi connectivity index (χ1) is 14.8. The van der Waals surface area contributed by atoms with Crippen molar-refractivity contribution in [2.24, 2.45) is 5.92 Å². The summed E-state index contributed by atoms with van der Waals surface area (Å²) in [6.45, 7) is 5.50. The number of carbonyl (C=O) groups is 1. The highest BCUT2D eigenvalue weighted by Gasteiger charge is 2.35. The molecule has 2 fully saturated rings. The van der Waals surface area contributed by atoms with Crippen molar-refractivity contribution in [3.8, 4) is 11.4 Å². The van der Waals surface area contributed by atoms with Crippen molar-refractivity contribution in [1.29, 1.82) is 0 Å². The highest BCUT2D eigenvalue weighted by atomic mass is 32.1. The van der Waals surface area contributed by atoms with Gasteiger partial charge in [0, 0.05) is 43.8 Å². The number of thiophene rings is 1. The number of fused-ring (bicyclic) bond motifs is 3. The van der Waals surface area contributed by atoms with Crippen LogP contribution in [0.4, 0.5) is 11.5 Å². The summed E-state index contributed by atoms with van der Waals surface area (Å²) in [5.41, 5.74) is 1.95. The van der Waals surface area contributed by atoms with E-state index in [1.54, 1.807) is 11.3 Å². The second-order valence-electron chi connectivity index (χ2n) is 8.08. The predicted molar refractivity (Wildman–Crippen MR) is 116 cm³/mol. The largest absolute Gasteiger partial charge is 0.381 e. The molecule has 5 heterocycles. The summed E-state index contributed by atoms with van der Waals surface area (Å²) >= 11 is 1.64. The average molecular weight is 430 g/mol. The molecule has 1 unspecified atom stereocenters. The number of carbonyl (C=O) groups excluding carboxylic acids is 1. The van der Waals surface area contributed by atoms with Gasteiger partial charge in [-0.15, -0.1) is 0 Å². The molecular formula is C21H27N5O3S. The van der Waals surface area contributed by atoms with Gasteiger partial charge in [-0.05, 0) is 30.2 Å². The standard InChI is InChI=1S/C21H27N5O3S/c27-19(22-9-15-1-5-28-6-2-15)12-25-11-17-13-29-7-4-26(17)21-18(25)10-23-20(24-21)16-3-8-30-14-16/h3,8,10,14-15,17H,1-2,4-7,9,11-13H2,(H,22,27). The lowest BCUT2D eigenvalue weighted by Gasteiger charge is -2.45. The lowest BCUT2D eigenvalue weighted by atomic mass is 10.0. The molecule has 1 N–H and O–H groups in total. The molecule has 2 aromatic rings. The Kier molecular flexibility index (Phi) is 5.83. The molecule has 2 saturated heterocycles. The zero-order chi connectivity index (χ0) is 20.3. The van der Waals surface area contributed by atoms with Gasteiger partial charge in [0.25, 0.3) is 0 Å². The van der Waals surface area contributed by atoms with E-state index in [4.69, 9.17) is 14.5 Å². The predicted octanol–water partition coefficient (Wildman–Crippen LogP) is 1.77. The van der Waals surface area contributed by atoms with Crippen LogP contribution in [-0.4, -0.2) is 74.5 Å². The summed E-state index contributed by atoms with van der Waals surface area (Å²) in [6, 6.07) is 2.23. The Balaban J connectivity index is 1.33. The molecule has 3 aliphatic rings. The maximum Gasteiger partial charge on any atom is 0.239 e. The van der Waals surface area contributed by atoms with Gasteiger partial charge in [-0.3, -0.25) is 4.79 Å². The van der Waals surface area contributed by atoms with Crippen LogP contribution in [-0.2, 0) is 14.3 Å². The molecule has 3 aliphatic heterocycles. The van der Waals surface area contributed by atoms with Crippen molar-refractivity contribution < 1.29 is 14.3 Å². The van der Waals surface area contributed by atoms with E-state index >= 15 is 0 Å². The molecule has 0 aliphatic carbocycles. The Hall–Kier alpha value is -2.23. The Morgan fingerprint density at radius 3 is 3.00 bits per heavy atom. The number of hydrogen-bond donors (Lipinski definition) is 1. The number of aromatic nitrogens is 2. The van der Waals surface area contributed by atoms with E-state index in [1.807, 2.05) is 17.6 Å². The third-order valence-corrected chi connectivity index (χ3v) is 6.75. The van der Waals surface area contributed by atoms with Crippen LogP contribution >= 0.6 is 11.3 Å². The summed E-state index contributed by atoms with van der Waals surface area (Å²) in [5.74, 6) is 2.18. The minimum Gasteiger partial charge on any atom is -0.381 e. The van der Waals surface area contributed by atoms with Gasteiger partial charge in [-0.1, -0.05) is 0 Å². The van der Waals surface area contributed by atoms with Crippen molar-refractivity contribution in [3.05, 3.63) is 23.0 Å². The first kappa shape index (κ1) is 19.7. The lowest BCUT2D eigenvalue weighted by molar-refractivity contribution is -0.120. The molecule has 1 amide bonds. The monoisotopic (exact) mass is 429 g/mol. The maximum absolute atomic E-state index is 12.7. The highest BCUT2D eigenvalue weighted by molar-refractivity contribution is 7.08. The quantitative estimate of drug-likeness (QED) is 0.776. The molecule has 30 heavy (non-hydrogen) atoms. The first-order valence-electron chi connectivity index (χ1n) is 10.6. The fourth-order valence-electron chi connectivity index (χ4n) is 4.36. The maximum atomic E-state index is 12.7. The van der Waals surface area contributed by atoms with Crippen LogP contribution in [0.1, 0.15) is 12.8 Å². The van der Waals surface area contributed by atoms with Crippen molar-refractivity contribution in [2.75, 3.05) is 62.4 Å². The van der Waals surface area contributed by atoms with E-state index in [9.17, 15) is 4.79 Å². The second-order valence-corrected chi connectivity index (χ2v) is 8.86. The number of hydrogen-bond acceptors (Lipinski definition) is 8. The van der Waals surface area contributed by atoms with Crippen LogP contribution < -0.4 is 15.1 Å². The molecule has 5 rings (SSSR count). The van der Waals surface area contributed by atoms with E-state index in [2.05, 4.69) is 25.5 Å². The number of nitrogens with one attached hydrogen (secondary N) is 1. The van der Waals surface area contributed by atoms with Crippen LogP contribution in [0.5, 0.6) is 0 Å². The molecule has 9 heteroatoms. The fraction of sp³-hybridized carbons (Fsp3) is 0.571. The van der Waals surface area contributed by atoms with Gasteiger partial charge in [-0.2, -0.15) is 11.3 Å². The second kappa shape index (κ2) is 8.87. The molecule has 0 bridgehead atoms. The minimum atomic E-state index is 0.0412. The molecule has 1 atom stereocenters. The van der Waals surface area contributed by atoms with Gasteiger partial charge < -0.3 is 24.6 Å². The molecule has 8 nitrogen and oxygen atoms in total. The molecule has 0 aromatic carbocycles. The summed E-state index contributed by atoms with van der Waals surface area (Å²) in [7, 11) is 0. The van der Waals surface area contributed by atoms with Gasteiger partial charge in [0.15, 0.2) is 11.6 Å². The van der Waals surface area contributed by atoms with Gasteiger partial charge >= 0.3 is 0 Å². The van der Waals surface area contributed by atoms with Crippen LogP contribution in [0.15, 0.2) is 23.0 Å². The molecule has 0 spiro atoms. The molecule has 160 valence electrons. The highest BCUT2D eigenvalue weighted by Crippen LogP contribution is 2.36. The van der Waals surface area contributed by atoms with E-state index < -0.39 is 0 Å². The Labute approximate surface area is 180 Å². The lowest BCUT2D eigenvalue weighted by Crippen LogP contribution is -2.57. The van der Waals surface area contributed by atoms with Crippen molar-refractivity contribution in [3.63, 3.8) is 0 Å². The number of amides is 1. The van der Waals surface area contributed by atoms with Crippen LogP contribution in [0.3, 0.4) is 0 Å². The molecular weight excluding hydrogens is 402 g/mol. The molecule has 0 radical (unpaired) electrons.